The Labute approximate surface area is 127 Å². The van der Waals surface area contributed by atoms with Gasteiger partial charge in [-0.2, -0.15) is 0 Å². The van der Waals surface area contributed by atoms with Gasteiger partial charge in [-0.3, -0.25) is 4.57 Å². The Morgan fingerprint density at radius 3 is 2.86 bits per heavy atom. The standard InChI is InChI=1S/C14H19FN4OS/c1-9(2)7-16-8-10-5-4-6-11(15)12(10)21-14-18-17-13(20)19(14)3/h4-6,9,16H,7-8H2,1-3H3,(H,17,20). The van der Waals surface area contributed by atoms with E-state index in [4.69, 9.17) is 0 Å². The van der Waals surface area contributed by atoms with Crippen LogP contribution in [0.15, 0.2) is 33.0 Å². The van der Waals surface area contributed by atoms with Crippen LogP contribution in [-0.4, -0.2) is 21.3 Å². The Bertz CT molecular complexity index is 665. The number of benzene rings is 1. The number of rotatable bonds is 6. The Morgan fingerprint density at radius 2 is 2.24 bits per heavy atom. The van der Waals surface area contributed by atoms with Crippen molar-refractivity contribution in [2.45, 2.75) is 30.4 Å². The molecule has 0 saturated carbocycles. The summed E-state index contributed by atoms with van der Waals surface area (Å²) in [5, 5.41) is 9.99. The van der Waals surface area contributed by atoms with Crippen LogP contribution in [0.1, 0.15) is 19.4 Å². The summed E-state index contributed by atoms with van der Waals surface area (Å²) in [6, 6.07) is 4.98. The summed E-state index contributed by atoms with van der Waals surface area (Å²) in [7, 11) is 1.60. The Morgan fingerprint density at radius 1 is 1.48 bits per heavy atom. The molecule has 0 fully saturated rings. The van der Waals surface area contributed by atoms with Gasteiger partial charge in [0.25, 0.3) is 0 Å². The quantitative estimate of drug-likeness (QED) is 0.858. The Hall–Kier alpha value is -1.60. The minimum Gasteiger partial charge on any atom is -0.312 e. The number of nitrogens with one attached hydrogen (secondary N) is 2. The summed E-state index contributed by atoms with van der Waals surface area (Å²) < 4.78 is 15.4. The Balaban J connectivity index is 2.21. The molecule has 2 aromatic rings. The molecule has 2 N–H and O–H groups in total. The SMILES string of the molecule is CC(C)CNCc1cccc(F)c1Sc1n[nH]c(=O)n1C. The molecule has 0 aliphatic rings. The summed E-state index contributed by atoms with van der Waals surface area (Å²) in [6.07, 6.45) is 0. The number of aromatic nitrogens is 3. The summed E-state index contributed by atoms with van der Waals surface area (Å²) in [5.41, 5.74) is 0.546. The molecule has 5 nitrogen and oxygen atoms in total. The number of halogens is 1. The average molecular weight is 310 g/mol. The molecular formula is C14H19FN4OS. The van der Waals surface area contributed by atoms with E-state index < -0.39 is 0 Å². The average Bonchev–Trinajstić information content (AvgIpc) is 2.74. The third-order valence-corrected chi connectivity index (χ3v) is 4.16. The maximum Gasteiger partial charge on any atom is 0.343 e. The molecule has 1 aromatic carbocycles. The van der Waals surface area contributed by atoms with E-state index in [2.05, 4.69) is 29.4 Å². The van der Waals surface area contributed by atoms with E-state index in [0.717, 1.165) is 23.9 Å². The maximum atomic E-state index is 14.1. The molecule has 0 atom stereocenters. The first-order valence-electron chi connectivity index (χ1n) is 6.76. The van der Waals surface area contributed by atoms with Crippen molar-refractivity contribution in [3.05, 3.63) is 40.1 Å². The van der Waals surface area contributed by atoms with Gasteiger partial charge in [0, 0.05) is 13.6 Å². The summed E-state index contributed by atoms with van der Waals surface area (Å²) in [4.78, 5) is 11.9. The predicted octanol–water partition coefficient (Wildman–Crippen LogP) is 2.14. The van der Waals surface area contributed by atoms with Gasteiger partial charge in [0.2, 0.25) is 0 Å². The van der Waals surface area contributed by atoms with Crippen LogP contribution in [0.5, 0.6) is 0 Å². The van der Waals surface area contributed by atoms with Crippen LogP contribution in [0.25, 0.3) is 0 Å². The van der Waals surface area contributed by atoms with E-state index in [1.165, 1.54) is 10.6 Å². The Kier molecular flexibility index (Phi) is 5.19. The fraction of sp³-hybridized carbons (Fsp3) is 0.429. The molecule has 0 unspecified atom stereocenters. The highest BCUT2D eigenvalue weighted by Crippen LogP contribution is 2.30. The highest BCUT2D eigenvalue weighted by molar-refractivity contribution is 7.99. The van der Waals surface area contributed by atoms with Gasteiger partial charge in [-0.15, -0.1) is 5.10 Å². The van der Waals surface area contributed by atoms with E-state index in [1.54, 1.807) is 13.1 Å². The van der Waals surface area contributed by atoms with Gasteiger partial charge >= 0.3 is 5.69 Å². The summed E-state index contributed by atoms with van der Waals surface area (Å²) in [6.45, 7) is 5.68. The molecule has 1 heterocycles. The van der Waals surface area contributed by atoms with Crippen molar-refractivity contribution >= 4 is 11.8 Å². The number of hydrogen-bond acceptors (Lipinski definition) is 4. The second kappa shape index (κ2) is 6.91. The molecule has 114 valence electrons. The predicted molar refractivity (Wildman–Crippen MR) is 80.9 cm³/mol. The zero-order chi connectivity index (χ0) is 15.4. The first-order chi connectivity index (χ1) is 9.99. The van der Waals surface area contributed by atoms with Gasteiger partial charge < -0.3 is 5.32 Å². The van der Waals surface area contributed by atoms with Crippen molar-refractivity contribution in [1.82, 2.24) is 20.1 Å². The monoisotopic (exact) mass is 310 g/mol. The van der Waals surface area contributed by atoms with E-state index in [-0.39, 0.29) is 11.5 Å². The van der Waals surface area contributed by atoms with Crippen molar-refractivity contribution in [2.75, 3.05) is 6.54 Å². The molecular weight excluding hydrogens is 291 g/mol. The maximum absolute atomic E-state index is 14.1. The lowest BCUT2D eigenvalue weighted by Crippen LogP contribution is -2.19. The molecule has 0 radical (unpaired) electrons. The molecule has 0 aliphatic carbocycles. The number of hydrogen-bond donors (Lipinski definition) is 2. The molecule has 21 heavy (non-hydrogen) atoms. The molecule has 0 spiro atoms. The smallest absolute Gasteiger partial charge is 0.312 e. The van der Waals surface area contributed by atoms with Crippen LogP contribution >= 0.6 is 11.8 Å². The molecule has 1 aromatic heterocycles. The highest BCUT2D eigenvalue weighted by Gasteiger charge is 2.14. The van der Waals surface area contributed by atoms with Gasteiger partial charge in [0.15, 0.2) is 5.16 Å². The molecule has 0 amide bonds. The fourth-order valence-corrected chi connectivity index (χ4v) is 2.75. The van der Waals surface area contributed by atoms with Crippen LogP contribution in [0.3, 0.4) is 0 Å². The first-order valence-corrected chi connectivity index (χ1v) is 7.58. The van der Waals surface area contributed by atoms with E-state index in [9.17, 15) is 9.18 Å². The topological polar surface area (TPSA) is 62.7 Å². The number of nitrogens with zero attached hydrogens (tertiary/aromatic N) is 2. The van der Waals surface area contributed by atoms with Crippen LogP contribution < -0.4 is 11.0 Å². The van der Waals surface area contributed by atoms with Gasteiger partial charge in [-0.1, -0.05) is 26.0 Å². The lowest BCUT2D eigenvalue weighted by atomic mass is 10.2. The van der Waals surface area contributed by atoms with Gasteiger partial charge in [-0.05, 0) is 35.9 Å². The van der Waals surface area contributed by atoms with Crippen LogP contribution in [0.4, 0.5) is 4.39 Å². The van der Waals surface area contributed by atoms with E-state index in [1.807, 2.05) is 6.07 Å². The van der Waals surface area contributed by atoms with Gasteiger partial charge in [0.1, 0.15) is 5.82 Å². The highest BCUT2D eigenvalue weighted by atomic mass is 32.2. The molecule has 0 bridgehead atoms. The number of aromatic amines is 1. The lowest BCUT2D eigenvalue weighted by Gasteiger charge is -2.12. The van der Waals surface area contributed by atoms with Gasteiger partial charge in [0.05, 0.1) is 4.90 Å². The lowest BCUT2D eigenvalue weighted by molar-refractivity contribution is 0.542. The largest absolute Gasteiger partial charge is 0.343 e. The first kappa shape index (κ1) is 15.8. The molecule has 7 heteroatoms. The molecule has 0 aliphatic heterocycles. The van der Waals surface area contributed by atoms with Crippen molar-refractivity contribution in [2.24, 2.45) is 13.0 Å². The minimum absolute atomic E-state index is 0.306. The van der Waals surface area contributed by atoms with E-state index >= 15 is 0 Å². The van der Waals surface area contributed by atoms with Gasteiger partial charge in [-0.25, -0.2) is 14.3 Å². The zero-order valence-corrected chi connectivity index (χ0v) is 13.1. The third kappa shape index (κ3) is 3.95. The summed E-state index contributed by atoms with van der Waals surface area (Å²) >= 11 is 1.15. The van der Waals surface area contributed by atoms with Crippen molar-refractivity contribution < 1.29 is 4.39 Å². The summed E-state index contributed by atoms with van der Waals surface area (Å²) in [5.74, 6) is 0.223. The zero-order valence-electron chi connectivity index (χ0n) is 12.3. The van der Waals surface area contributed by atoms with Crippen LogP contribution in [0, 0.1) is 11.7 Å². The molecule has 0 saturated heterocycles. The fourth-order valence-electron chi connectivity index (χ4n) is 1.82. The third-order valence-electron chi connectivity index (χ3n) is 2.95. The second-order valence-corrected chi connectivity index (χ2v) is 6.20. The van der Waals surface area contributed by atoms with Crippen LogP contribution in [-0.2, 0) is 13.6 Å². The van der Waals surface area contributed by atoms with E-state index in [0.29, 0.717) is 22.5 Å². The molecule has 2 rings (SSSR count). The number of H-pyrrole nitrogens is 1. The second-order valence-electron chi connectivity index (χ2n) is 5.23. The van der Waals surface area contributed by atoms with Crippen molar-refractivity contribution in [1.29, 1.82) is 0 Å². The normalized spacial score (nSPS) is 11.3. The minimum atomic E-state index is -0.312. The van der Waals surface area contributed by atoms with Crippen molar-refractivity contribution in [3.8, 4) is 0 Å². The van der Waals surface area contributed by atoms with Crippen LogP contribution in [0.2, 0.25) is 0 Å². The van der Waals surface area contributed by atoms with Crippen molar-refractivity contribution in [3.63, 3.8) is 0 Å².